The number of unbranched alkanes of at least 4 members (excludes halogenated alkanes) is 2. The predicted molar refractivity (Wildman–Crippen MR) is 105 cm³/mol. The molecule has 0 saturated heterocycles. The Bertz CT molecular complexity index is 975. The molecule has 5 heteroatoms. The lowest BCUT2D eigenvalue weighted by molar-refractivity contribution is 0.102. The van der Waals surface area contributed by atoms with Crippen LogP contribution in [0.15, 0.2) is 53.3 Å². The third kappa shape index (κ3) is 3.82. The van der Waals surface area contributed by atoms with E-state index in [1.165, 1.54) is 4.68 Å². The van der Waals surface area contributed by atoms with Crippen LogP contribution in [0.4, 0.5) is 5.69 Å². The minimum atomic E-state index is -0.311. The molecule has 1 heterocycles. The maximum absolute atomic E-state index is 12.8. The van der Waals surface area contributed by atoms with Crippen molar-refractivity contribution in [1.82, 2.24) is 9.78 Å². The van der Waals surface area contributed by atoms with E-state index in [0.29, 0.717) is 23.0 Å². The number of rotatable bonds is 6. The van der Waals surface area contributed by atoms with Crippen LogP contribution >= 0.6 is 0 Å². The van der Waals surface area contributed by atoms with E-state index < -0.39 is 0 Å². The summed E-state index contributed by atoms with van der Waals surface area (Å²) in [6, 6.07) is 14.7. The molecule has 1 aromatic heterocycles. The van der Waals surface area contributed by atoms with Gasteiger partial charge < -0.3 is 5.32 Å². The number of benzene rings is 2. The zero-order chi connectivity index (χ0) is 18.5. The van der Waals surface area contributed by atoms with Gasteiger partial charge >= 0.3 is 0 Å². The van der Waals surface area contributed by atoms with E-state index in [0.717, 1.165) is 24.8 Å². The summed E-state index contributed by atoms with van der Waals surface area (Å²) in [6.07, 6.45) is 2.94. The summed E-state index contributed by atoms with van der Waals surface area (Å²) < 4.78 is 1.42. The molecule has 3 aromatic rings. The monoisotopic (exact) mass is 349 g/mol. The third-order valence-electron chi connectivity index (χ3n) is 4.37. The Kier molecular flexibility index (Phi) is 5.46. The average Bonchev–Trinajstić information content (AvgIpc) is 2.65. The number of fused-ring (bicyclic) bond motifs is 1. The first-order chi connectivity index (χ1) is 12.6. The Hall–Kier alpha value is -2.95. The number of aromatic nitrogens is 2. The van der Waals surface area contributed by atoms with E-state index in [9.17, 15) is 9.59 Å². The van der Waals surface area contributed by atoms with Gasteiger partial charge in [-0.1, -0.05) is 55.7 Å². The van der Waals surface area contributed by atoms with Crippen LogP contribution < -0.4 is 10.9 Å². The summed E-state index contributed by atoms with van der Waals surface area (Å²) in [7, 11) is 0. The number of carbonyl (C=O) groups is 1. The number of nitrogens with zero attached hydrogens (tertiary/aromatic N) is 2. The van der Waals surface area contributed by atoms with Gasteiger partial charge in [0.2, 0.25) is 0 Å². The molecule has 0 bridgehead atoms. The Morgan fingerprint density at radius 1 is 1.04 bits per heavy atom. The first-order valence-corrected chi connectivity index (χ1v) is 8.98. The number of carbonyl (C=O) groups excluding carboxylic acids is 1. The first kappa shape index (κ1) is 17.9. The lowest BCUT2D eigenvalue weighted by Gasteiger charge is -2.11. The zero-order valence-corrected chi connectivity index (χ0v) is 15.2. The Balaban J connectivity index is 2.00. The highest BCUT2D eigenvalue weighted by Gasteiger charge is 2.16. The molecule has 2 aromatic carbocycles. The topological polar surface area (TPSA) is 64.0 Å². The zero-order valence-electron chi connectivity index (χ0n) is 15.2. The Morgan fingerprint density at radius 2 is 1.73 bits per heavy atom. The fourth-order valence-corrected chi connectivity index (χ4v) is 2.89. The molecule has 1 amide bonds. The maximum Gasteiger partial charge on any atom is 0.276 e. The smallest absolute Gasteiger partial charge is 0.276 e. The molecular formula is C21H23N3O2. The molecule has 0 radical (unpaired) electrons. The number of amides is 1. The third-order valence-corrected chi connectivity index (χ3v) is 4.37. The van der Waals surface area contributed by atoms with E-state index >= 15 is 0 Å². The van der Waals surface area contributed by atoms with Crippen molar-refractivity contribution in [3.63, 3.8) is 0 Å². The quantitative estimate of drug-likeness (QED) is 0.680. The molecule has 0 spiro atoms. The fourth-order valence-electron chi connectivity index (χ4n) is 2.89. The second kappa shape index (κ2) is 7.95. The van der Waals surface area contributed by atoms with Crippen molar-refractivity contribution in [2.24, 2.45) is 0 Å². The molecule has 0 aliphatic carbocycles. The van der Waals surface area contributed by atoms with Gasteiger partial charge in [0, 0.05) is 17.6 Å². The molecule has 134 valence electrons. The minimum absolute atomic E-state index is 0.149. The highest BCUT2D eigenvalue weighted by molar-refractivity contribution is 6.11. The summed E-state index contributed by atoms with van der Waals surface area (Å²) in [5, 5.41) is 8.35. The molecule has 0 aliphatic rings. The summed E-state index contributed by atoms with van der Waals surface area (Å²) in [4.78, 5) is 25.5. The molecular weight excluding hydrogens is 326 g/mol. The predicted octanol–water partition coefficient (Wildman–Crippen LogP) is 4.15. The van der Waals surface area contributed by atoms with E-state index in [1.807, 2.05) is 43.3 Å². The molecule has 0 aliphatic heterocycles. The van der Waals surface area contributed by atoms with Gasteiger partial charge in [0.15, 0.2) is 5.69 Å². The summed E-state index contributed by atoms with van der Waals surface area (Å²) >= 11 is 0. The number of nitrogens with one attached hydrogen (secondary N) is 1. The van der Waals surface area contributed by atoms with Gasteiger partial charge in [0.05, 0.1) is 5.39 Å². The normalized spacial score (nSPS) is 10.8. The van der Waals surface area contributed by atoms with E-state index in [-0.39, 0.29) is 17.2 Å². The van der Waals surface area contributed by atoms with Crippen LogP contribution in [0, 0.1) is 6.92 Å². The number of hydrogen-bond donors (Lipinski definition) is 1. The van der Waals surface area contributed by atoms with E-state index in [1.54, 1.807) is 12.1 Å². The van der Waals surface area contributed by atoms with Gasteiger partial charge in [0.25, 0.3) is 11.5 Å². The molecule has 3 rings (SSSR count). The van der Waals surface area contributed by atoms with Crippen LogP contribution in [0.5, 0.6) is 0 Å². The van der Waals surface area contributed by atoms with Crippen molar-refractivity contribution in [2.75, 3.05) is 5.32 Å². The Morgan fingerprint density at radius 3 is 2.42 bits per heavy atom. The van der Waals surface area contributed by atoms with Gasteiger partial charge in [-0.25, -0.2) is 4.68 Å². The van der Waals surface area contributed by atoms with Gasteiger partial charge in [0.1, 0.15) is 0 Å². The fraction of sp³-hybridized carbons (Fsp3) is 0.286. The van der Waals surface area contributed by atoms with Crippen LogP contribution in [-0.4, -0.2) is 15.7 Å². The van der Waals surface area contributed by atoms with E-state index in [4.69, 9.17) is 0 Å². The minimum Gasteiger partial charge on any atom is -0.321 e. The van der Waals surface area contributed by atoms with Crippen molar-refractivity contribution in [2.45, 2.75) is 39.7 Å². The number of aryl methyl sites for hydroxylation is 2. The van der Waals surface area contributed by atoms with Crippen LogP contribution in [0.3, 0.4) is 0 Å². The lowest BCUT2D eigenvalue weighted by atomic mass is 10.1. The van der Waals surface area contributed by atoms with Crippen molar-refractivity contribution < 1.29 is 4.79 Å². The SMILES string of the molecule is CCCCCn1nc(C(=O)Nc2ccc(C)cc2)c2ccccc2c1=O. The molecule has 26 heavy (non-hydrogen) atoms. The average molecular weight is 349 g/mol. The van der Waals surface area contributed by atoms with Crippen LogP contribution in [-0.2, 0) is 6.54 Å². The molecule has 0 atom stereocenters. The Labute approximate surface area is 152 Å². The highest BCUT2D eigenvalue weighted by atomic mass is 16.2. The molecule has 5 nitrogen and oxygen atoms in total. The summed E-state index contributed by atoms with van der Waals surface area (Å²) in [5.41, 5.74) is 1.95. The van der Waals surface area contributed by atoms with Crippen molar-refractivity contribution in [1.29, 1.82) is 0 Å². The summed E-state index contributed by atoms with van der Waals surface area (Å²) in [5.74, 6) is -0.311. The highest BCUT2D eigenvalue weighted by Crippen LogP contribution is 2.16. The van der Waals surface area contributed by atoms with Gasteiger partial charge in [-0.2, -0.15) is 5.10 Å². The molecule has 0 saturated carbocycles. The van der Waals surface area contributed by atoms with Gasteiger partial charge in [-0.15, -0.1) is 0 Å². The van der Waals surface area contributed by atoms with Crippen LogP contribution in [0.2, 0.25) is 0 Å². The molecule has 0 unspecified atom stereocenters. The number of hydrogen-bond acceptors (Lipinski definition) is 3. The maximum atomic E-state index is 12.8. The second-order valence-electron chi connectivity index (χ2n) is 6.45. The van der Waals surface area contributed by atoms with Gasteiger partial charge in [-0.05, 0) is 31.5 Å². The standard InChI is InChI=1S/C21H23N3O2/c1-3-4-7-14-24-21(26)18-9-6-5-8-17(18)19(23-24)20(25)22-16-12-10-15(2)11-13-16/h5-6,8-13H,3-4,7,14H2,1-2H3,(H,22,25). The molecule has 1 N–H and O–H groups in total. The lowest BCUT2D eigenvalue weighted by Crippen LogP contribution is -2.27. The van der Waals surface area contributed by atoms with Crippen molar-refractivity contribution in [3.05, 3.63) is 70.1 Å². The first-order valence-electron chi connectivity index (χ1n) is 8.98. The largest absolute Gasteiger partial charge is 0.321 e. The van der Waals surface area contributed by atoms with Crippen LogP contribution in [0.25, 0.3) is 10.8 Å². The van der Waals surface area contributed by atoms with Gasteiger partial charge in [-0.3, -0.25) is 9.59 Å². The van der Waals surface area contributed by atoms with Crippen molar-refractivity contribution >= 4 is 22.4 Å². The molecule has 0 fully saturated rings. The summed E-state index contributed by atoms with van der Waals surface area (Å²) in [6.45, 7) is 4.62. The van der Waals surface area contributed by atoms with Crippen LogP contribution in [0.1, 0.15) is 42.2 Å². The van der Waals surface area contributed by atoms with Crippen molar-refractivity contribution in [3.8, 4) is 0 Å². The van der Waals surface area contributed by atoms with E-state index in [2.05, 4.69) is 17.3 Å². The number of anilines is 1. The second-order valence-corrected chi connectivity index (χ2v) is 6.45.